The van der Waals surface area contributed by atoms with Gasteiger partial charge in [0.15, 0.2) is 0 Å². The van der Waals surface area contributed by atoms with E-state index in [4.69, 9.17) is 0 Å². The lowest BCUT2D eigenvalue weighted by Gasteiger charge is -2.08. The summed E-state index contributed by atoms with van der Waals surface area (Å²) in [5, 5.41) is 7.70. The minimum Gasteiger partial charge on any atom is -0.310 e. The minimum absolute atomic E-state index is 0.519. The van der Waals surface area contributed by atoms with Crippen LogP contribution in [0.15, 0.2) is 30.5 Å². The third kappa shape index (κ3) is 2.79. The molecule has 0 fully saturated rings. The average molecular weight is 243 g/mol. The maximum absolute atomic E-state index is 4.28. The topological polar surface area (TPSA) is 29.9 Å². The summed E-state index contributed by atoms with van der Waals surface area (Å²) in [5.74, 6) is 0. The van der Waals surface area contributed by atoms with E-state index in [-0.39, 0.29) is 0 Å². The molecule has 2 aromatic rings. The van der Waals surface area contributed by atoms with E-state index >= 15 is 0 Å². The summed E-state index contributed by atoms with van der Waals surface area (Å²) >= 11 is 0. The highest BCUT2D eigenvalue weighted by atomic mass is 15.3. The van der Waals surface area contributed by atoms with Gasteiger partial charge in [-0.1, -0.05) is 38.1 Å². The number of nitrogens with one attached hydrogen (secondary N) is 1. The van der Waals surface area contributed by atoms with Crippen LogP contribution in [-0.4, -0.2) is 15.8 Å². The standard InChI is InChI=1S/C15H21N3/c1-11(2)16-9-13-5-7-14(8-6-13)15-10-17-18(4)12(15)3/h5-8,10-11,16H,9H2,1-4H3. The van der Waals surface area contributed by atoms with E-state index < -0.39 is 0 Å². The maximum Gasteiger partial charge on any atom is 0.0571 e. The predicted octanol–water partition coefficient (Wildman–Crippen LogP) is 2.89. The SMILES string of the molecule is Cc1c(-c2ccc(CNC(C)C)cc2)cnn1C. The van der Waals surface area contributed by atoms with Crippen molar-refractivity contribution in [2.75, 3.05) is 0 Å². The molecule has 0 aliphatic heterocycles. The molecule has 2 rings (SSSR count). The first-order valence-corrected chi connectivity index (χ1v) is 6.39. The Morgan fingerprint density at radius 1 is 1.22 bits per heavy atom. The number of benzene rings is 1. The highest BCUT2D eigenvalue weighted by Gasteiger charge is 2.06. The Hall–Kier alpha value is -1.61. The lowest BCUT2D eigenvalue weighted by molar-refractivity contribution is 0.589. The van der Waals surface area contributed by atoms with Gasteiger partial charge in [0.05, 0.1) is 6.20 Å². The summed E-state index contributed by atoms with van der Waals surface area (Å²) in [6.07, 6.45) is 1.93. The average Bonchev–Trinajstić information content (AvgIpc) is 2.68. The van der Waals surface area contributed by atoms with Crippen molar-refractivity contribution in [3.63, 3.8) is 0 Å². The van der Waals surface area contributed by atoms with Crippen LogP contribution in [0.1, 0.15) is 25.1 Å². The largest absolute Gasteiger partial charge is 0.310 e. The van der Waals surface area contributed by atoms with Gasteiger partial charge >= 0.3 is 0 Å². The van der Waals surface area contributed by atoms with Crippen LogP contribution in [0, 0.1) is 6.92 Å². The van der Waals surface area contributed by atoms with E-state index in [1.807, 2.05) is 17.9 Å². The summed E-state index contributed by atoms with van der Waals surface area (Å²) < 4.78 is 1.91. The first-order valence-electron chi connectivity index (χ1n) is 6.39. The van der Waals surface area contributed by atoms with Gasteiger partial charge in [0.25, 0.3) is 0 Å². The van der Waals surface area contributed by atoms with Crippen molar-refractivity contribution in [2.45, 2.75) is 33.4 Å². The molecule has 0 saturated carbocycles. The summed E-state index contributed by atoms with van der Waals surface area (Å²) in [6.45, 7) is 7.33. The molecule has 1 aromatic carbocycles. The Morgan fingerprint density at radius 2 is 1.89 bits per heavy atom. The smallest absolute Gasteiger partial charge is 0.0571 e. The molecule has 96 valence electrons. The summed E-state index contributed by atoms with van der Waals surface area (Å²) in [7, 11) is 1.97. The summed E-state index contributed by atoms with van der Waals surface area (Å²) in [5.41, 5.74) is 4.95. The molecule has 0 atom stereocenters. The first-order chi connectivity index (χ1) is 8.58. The zero-order chi connectivity index (χ0) is 13.1. The molecule has 0 radical (unpaired) electrons. The Morgan fingerprint density at radius 3 is 2.39 bits per heavy atom. The Labute approximate surface area is 109 Å². The number of nitrogens with zero attached hydrogens (tertiary/aromatic N) is 2. The van der Waals surface area contributed by atoms with E-state index in [0.717, 1.165) is 6.54 Å². The molecule has 0 unspecified atom stereocenters. The highest BCUT2D eigenvalue weighted by Crippen LogP contribution is 2.22. The van der Waals surface area contributed by atoms with Crippen molar-refractivity contribution in [2.24, 2.45) is 7.05 Å². The van der Waals surface area contributed by atoms with Crippen LogP contribution in [0.5, 0.6) is 0 Å². The second-order valence-corrected chi connectivity index (χ2v) is 5.00. The van der Waals surface area contributed by atoms with E-state index in [1.54, 1.807) is 0 Å². The van der Waals surface area contributed by atoms with Crippen LogP contribution in [0.3, 0.4) is 0 Å². The van der Waals surface area contributed by atoms with Gasteiger partial charge in [-0.25, -0.2) is 0 Å². The Kier molecular flexibility index (Phi) is 3.82. The van der Waals surface area contributed by atoms with E-state index in [0.29, 0.717) is 6.04 Å². The van der Waals surface area contributed by atoms with Crippen LogP contribution in [0.25, 0.3) is 11.1 Å². The Balaban J connectivity index is 2.15. The molecule has 0 bridgehead atoms. The van der Waals surface area contributed by atoms with Crippen LogP contribution in [0.4, 0.5) is 0 Å². The highest BCUT2D eigenvalue weighted by molar-refractivity contribution is 5.65. The molecule has 1 N–H and O–H groups in total. The molecule has 0 aliphatic carbocycles. The van der Waals surface area contributed by atoms with Crippen LogP contribution in [0.2, 0.25) is 0 Å². The lowest BCUT2D eigenvalue weighted by atomic mass is 10.0. The van der Waals surface area contributed by atoms with Gasteiger partial charge in [0, 0.05) is 30.9 Å². The van der Waals surface area contributed by atoms with Crippen molar-refractivity contribution in [1.82, 2.24) is 15.1 Å². The van der Waals surface area contributed by atoms with Gasteiger partial charge in [-0.3, -0.25) is 4.68 Å². The molecule has 0 aliphatic rings. The molecule has 3 nitrogen and oxygen atoms in total. The van der Waals surface area contributed by atoms with Gasteiger partial charge in [0.1, 0.15) is 0 Å². The molecule has 3 heteroatoms. The zero-order valence-electron chi connectivity index (χ0n) is 11.6. The molecule has 1 aromatic heterocycles. The van der Waals surface area contributed by atoms with Gasteiger partial charge < -0.3 is 5.32 Å². The monoisotopic (exact) mass is 243 g/mol. The number of hydrogen-bond donors (Lipinski definition) is 1. The van der Waals surface area contributed by atoms with Crippen LogP contribution < -0.4 is 5.32 Å². The molecule has 0 amide bonds. The molecule has 0 saturated heterocycles. The van der Waals surface area contributed by atoms with E-state index in [2.05, 4.69) is 55.5 Å². The minimum atomic E-state index is 0.519. The molecule has 0 spiro atoms. The molecule has 1 heterocycles. The van der Waals surface area contributed by atoms with Crippen molar-refractivity contribution in [1.29, 1.82) is 0 Å². The third-order valence-electron chi connectivity index (χ3n) is 3.21. The quantitative estimate of drug-likeness (QED) is 0.895. The molecular weight excluding hydrogens is 222 g/mol. The fraction of sp³-hybridized carbons (Fsp3) is 0.400. The fourth-order valence-electron chi connectivity index (χ4n) is 1.91. The van der Waals surface area contributed by atoms with E-state index in [1.165, 1.54) is 22.4 Å². The van der Waals surface area contributed by atoms with Crippen molar-refractivity contribution >= 4 is 0 Å². The maximum atomic E-state index is 4.28. The predicted molar refractivity (Wildman–Crippen MR) is 75.4 cm³/mol. The Bertz CT molecular complexity index is 509. The lowest BCUT2D eigenvalue weighted by Crippen LogP contribution is -2.21. The van der Waals surface area contributed by atoms with Gasteiger partial charge in [0.2, 0.25) is 0 Å². The second kappa shape index (κ2) is 5.36. The van der Waals surface area contributed by atoms with Gasteiger partial charge in [-0.2, -0.15) is 5.10 Å². The first kappa shape index (κ1) is 12.8. The number of hydrogen-bond acceptors (Lipinski definition) is 2. The number of rotatable bonds is 4. The molecular formula is C15H21N3. The van der Waals surface area contributed by atoms with Crippen LogP contribution >= 0.6 is 0 Å². The van der Waals surface area contributed by atoms with E-state index in [9.17, 15) is 0 Å². The van der Waals surface area contributed by atoms with Gasteiger partial charge in [-0.15, -0.1) is 0 Å². The van der Waals surface area contributed by atoms with Crippen molar-refractivity contribution < 1.29 is 0 Å². The normalized spacial score (nSPS) is 11.2. The summed E-state index contributed by atoms with van der Waals surface area (Å²) in [6, 6.07) is 9.21. The third-order valence-corrected chi connectivity index (χ3v) is 3.21. The van der Waals surface area contributed by atoms with Crippen molar-refractivity contribution in [3.8, 4) is 11.1 Å². The second-order valence-electron chi connectivity index (χ2n) is 5.00. The zero-order valence-corrected chi connectivity index (χ0v) is 11.6. The summed E-state index contributed by atoms with van der Waals surface area (Å²) in [4.78, 5) is 0. The number of aromatic nitrogens is 2. The van der Waals surface area contributed by atoms with Crippen molar-refractivity contribution in [3.05, 3.63) is 41.7 Å². The van der Waals surface area contributed by atoms with Crippen LogP contribution in [-0.2, 0) is 13.6 Å². The molecule has 18 heavy (non-hydrogen) atoms. The van der Waals surface area contributed by atoms with Gasteiger partial charge in [-0.05, 0) is 18.1 Å². The fourth-order valence-corrected chi connectivity index (χ4v) is 1.91. The number of aryl methyl sites for hydroxylation is 1.